The molecule has 4 nitrogen and oxygen atoms in total. The van der Waals surface area contributed by atoms with Crippen LogP contribution in [-0.4, -0.2) is 19.7 Å². The molecule has 13 rings (SSSR count). The van der Waals surface area contributed by atoms with E-state index in [1.54, 1.807) is 0 Å². The topological polar surface area (TPSA) is 18.0 Å². The molecular weight excluding hydrogens is 705 g/mol. The van der Waals surface area contributed by atoms with E-state index < -0.39 is 0 Å². The zero-order chi connectivity index (χ0) is 37.9. The Labute approximate surface area is 334 Å². The molecule has 0 N–H and O–H groups in total. The largest absolute Gasteiger partial charge is 0.333 e. The van der Waals surface area contributed by atoms with Gasteiger partial charge in [0.05, 0.1) is 39.0 Å². The summed E-state index contributed by atoms with van der Waals surface area (Å²) >= 11 is 0. The highest BCUT2D eigenvalue weighted by molar-refractivity contribution is 6.19. The fourth-order valence-electron chi connectivity index (χ4n) is 10.3. The Bertz CT molecular complexity index is 3570. The van der Waals surface area contributed by atoms with E-state index in [0.29, 0.717) is 0 Å². The van der Waals surface area contributed by atoms with Crippen LogP contribution in [0.15, 0.2) is 194 Å². The van der Waals surface area contributed by atoms with Crippen molar-refractivity contribution in [2.24, 2.45) is 0 Å². The fraction of sp³-hybridized carbons (Fsp3) is 0.0370. The molecule has 0 saturated carbocycles. The fourth-order valence-corrected chi connectivity index (χ4v) is 10.3. The number of rotatable bonds is 4. The lowest BCUT2D eigenvalue weighted by Crippen LogP contribution is -2.40. The number of nitrogens with zero attached hydrogens (tertiary/aromatic N) is 4. The van der Waals surface area contributed by atoms with Gasteiger partial charge >= 0.3 is 0 Å². The summed E-state index contributed by atoms with van der Waals surface area (Å²) in [5.74, 6) is 0.231. The van der Waals surface area contributed by atoms with E-state index in [0.717, 1.165) is 11.4 Å². The summed E-state index contributed by atoms with van der Waals surface area (Å²) in [6.07, 6.45) is 5.05. The van der Waals surface area contributed by atoms with E-state index in [4.69, 9.17) is 0 Å². The molecule has 2 atom stereocenters. The number of aromatic nitrogens is 3. The third-order valence-corrected chi connectivity index (χ3v) is 12.7. The SMILES string of the molecule is C1=c2c(n(-c3ccccc3)c3ccccc23)=CC2C1c1ccccc1N2c1ccc(-n2c3ccccc3c3cc4c5ccccc5n(-c5ccccc5)c4cc32)cc1. The highest BCUT2D eigenvalue weighted by atomic mass is 15.2. The minimum atomic E-state index is 0.129. The van der Waals surface area contributed by atoms with Crippen molar-refractivity contribution in [3.63, 3.8) is 0 Å². The minimum Gasteiger partial charge on any atom is -0.333 e. The van der Waals surface area contributed by atoms with Crippen molar-refractivity contribution in [3.05, 3.63) is 210 Å². The molecule has 11 aromatic rings. The molecule has 3 aromatic heterocycles. The molecule has 8 aromatic carbocycles. The summed E-state index contributed by atoms with van der Waals surface area (Å²) in [6, 6.07) is 71.2. The summed E-state index contributed by atoms with van der Waals surface area (Å²) in [5.41, 5.74) is 13.4. The summed E-state index contributed by atoms with van der Waals surface area (Å²) < 4.78 is 7.31. The van der Waals surface area contributed by atoms with Crippen molar-refractivity contribution in [3.8, 4) is 17.1 Å². The molecule has 0 bridgehead atoms. The monoisotopic (exact) mass is 740 g/mol. The van der Waals surface area contributed by atoms with Gasteiger partial charge in [0.2, 0.25) is 0 Å². The molecule has 0 saturated heterocycles. The van der Waals surface area contributed by atoms with E-state index in [2.05, 4.69) is 225 Å². The standard InChI is InChI=1S/C54H36N4/c1-3-15-35(16-4-1)55-47-23-11-7-19-39(47)43-31-45-41-21-9-13-25-49(41)57(53(45)33-51(43)55)37-27-29-38(30-28-37)58-50-26-14-10-22-42(50)46-32-44-40-20-8-12-24-48(40)56(52(44)34-54(46)58)36-17-5-2-6-18-36/h1-34,45,53H. The number of fused-ring (bicyclic) bond motifs is 12. The first-order valence-corrected chi connectivity index (χ1v) is 20.2. The molecule has 1 aliphatic carbocycles. The summed E-state index contributed by atoms with van der Waals surface area (Å²) in [5, 5.41) is 8.92. The van der Waals surface area contributed by atoms with E-state index in [9.17, 15) is 0 Å². The zero-order valence-corrected chi connectivity index (χ0v) is 31.6. The number of hydrogen-bond donors (Lipinski definition) is 0. The first-order chi connectivity index (χ1) is 28.8. The Kier molecular flexibility index (Phi) is 6.53. The van der Waals surface area contributed by atoms with Crippen LogP contribution >= 0.6 is 0 Å². The van der Waals surface area contributed by atoms with Crippen LogP contribution in [0, 0.1) is 0 Å². The second-order valence-corrected chi connectivity index (χ2v) is 15.7. The van der Waals surface area contributed by atoms with Crippen molar-refractivity contribution in [1.29, 1.82) is 0 Å². The molecule has 0 radical (unpaired) electrons. The van der Waals surface area contributed by atoms with Gasteiger partial charge in [-0.2, -0.15) is 0 Å². The predicted octanol–water partition coefficient (Wildman–Crippen LogP) is 11.7. The Morgan fingerprint density at radius 3 is 1.45 bits per heavy atom. The van der Waals surface area contributed by atoms with Gasteiger partial charge in [-0.3, -0.25) is 0 Å². The van der Waals surface area contributed by atoms with E-state index in [1.165, 1.54) is 87.7 Å². The average Bonchev–Trinajstić information content (AvgIpc) is 4.00. The highest BCUT2D eigenvalue weighted by Gasteiger charge is 2.38. The van der Waals surface area contributed by atoms with Crippen LogP contribution in [0.3, 0.4) is 0 Å². The third kappa shape index (κ3) is 4.34. The molecule has 4 heterocycles. The van der Waals surface area contributed by atoms with Gasteiger partial charge in [0.25, 0.3) is 0 Å². The van der Waals surface area contributed by atoms with Crippen LogP contribution in [0.25, 0.3) is 83.7 Å². The molecule has 2 unspecified atom stereocenters. The summed E-state index contributed by atoms with van der Waals surface area (Å²) in [7, 11) is 0. The Morgan fingerprint density at radius 2 is 0.810 bits per heavy atom. The van der Waals surface area contributed by atoms with Crippen LogP contribution in [0.1, 0.15) is 11.5 Å². The maximum absolute atomic E-state index is 2.56. The lowest BCUT2D eigenvalue weighted by Gasteiger charge is -2.29. The smallest absolute Gasteiger partial charge is 0.0650 e. The minimum absolute atomic E-state index is 0.129. The van der Waals surface area contributed by atoms with Crippen molar-refractivity contribution < 1.29 is 0 Å². The van der Waals surface area contributed by atoms with Gasteiger partial charge in [0, 0.05) is 66.5 Å². The van der Waals surface area contributed by atoms with Gasteiger partial charge in [-0.15, -0.1) is 0 Å². The maximum Gasteiger partial charge on any atom is 0.0650 e. The van der Waals surface area contributed by atoms with Crippen LogP contribution in [-0.2, 0) is 0 Å². The number of benzene rings is 8. The third-order valence-electron chi connectivity index (χ3n) is 12.7. The Morgan fingerprint density at radius 1 is 0.328 bits per heavy atom. The Balaban J connectivity index is 0.997. The summed E-state index contributed by atoms with van der Waals surface area (Å²) in [4.78, 5) is 2.56. The maximum atomic E-state index is 2.56. The van der Waals surface area contributed by atoms with Gasteiger partial charge < -0.3 is 18.6 Å². The Hall–Kier alpha value is -7.56. The van der Waals surface area contributed by atoms with Gasteiger partial charge in [0.15, 0.2) is 0 Å². The van der Waals surface area contributed by atoms with Crippen LogP contribution in [0.5, 0.6) is 0 Å². The van der Waals surface area contributed by atoms with E-state index in [-0.39, 0.29) is 12.0 Å². The number of para-hydroxylation sites is 6. The molecule has 58 heavy (non-hydrogen) atoms. The molecule has 272 valence electrons. The zero-order valence-electron chi connectivity index (χ0n) is 31.6. The van der Waals surface area contributed by atoms with E-state index >= 15 is 0 Å². The van der Waals surface area contributed by atoms with Crippen molar-refractivity contribution in [2.75, 3.05) is 4.90 Å². The lowest BCUT2D eigenvalue weighted by atomic mass is 9.90. The van der Waals surface area contributed by atoms with Gasteiger partial charge in [-0.05, 0) is 96.6 Å². The highest BCUT2D eigenvalue weighted by Crippen LogP contribution is 2.48. The van der Waals surface area contributed by atoms with Gasteiger partial charge in [0.1, 0.15) is 0 Å². The lowest BCUT2D eigenvalue weighted by molar-refractivity contribution is 0.796. The van der Waals surface area contributed by atoms with Gasteiger partial charge in [-0.25, -0.2) is 0 Å². The molecule has 4 heteroatoms. The van der Waals surface area contributed by atoms with Gasteiger partial charge in [-0.1, -0.05) is 115 Å². The molecule has 0 spiro atoms. The molecule has 0 amide bonds. The molecule has 0 fully saturated rings. The van der Waals surface area contributed by atoms with Crippen LogP contribution in [0.4, 0.5) is 11.4 Å². The first kappa shape index (κ1) is 31.6. The van der Waals surface area contributed by atoms with Crippen molar-refractivity contribution in [2.45, 2.75) is 12.0 Å². The number of anilines is 2. The predicted molar refractivity (Wildman–Crippen MR) is 242 cm³/mol. The normalized spacial score (nSPS) is 15.8. The van der Waals surface area contributed by atoms with E-state index in [1.807, 2.05) is 0 Å². The molecule has 2 aliphatic rings. The second kappa shape index (κ2) is 12.0. The van der Waals surface area contributed by atoms with Crippen molar-refractivity contribution >= 4 is 78.0 Å². The van der Waals surface area contributed by atoms with Crippen molar-refractivity contribution in [1.82, 2.24) is 13.7 Å². The van der Waals surface area contributed by atoms with Crippen LogP contribution < -0.4 is 15.5 Å². The number of hydrogen-bond acceptors (Lipinski definition) is 1. The van der Waals surface area contributed by atoms with Crippen LogP contribution in [0.2, 0.25) is 0 Å². The molecular formula is C54H36N4. The summed E-state index contributed by atoms with van der Waals surface area (Å²) in [6.45, 7) is 0. The first-order valence-electron chi connectivity index (χ1n) is 20.2. The molecule has 1 aliphatic heterocycles. The quantitative estimate of drug-likeness (QED) is 0.176. The average molecular weight is 741 g/mol. The second-order valence-electron chi connectivity index (χ2n) is 15.7.